The van der Waals surface area contributed by atoms with Gasteiger partial charge in [-0.1, -0.05) is 19.9 Å². The van der Waals surface area contributed by atoms with E-state index in [1.165, 1.54) is 26.8 Å². The van der Waals surface area contributed by atoms with Crippen LogP contribution in [0.3, 0.4) is 0 Å². The molecule has 3 aliphatic rings. The van der Waals surface area contributed by atoms with Crippen molar-refractivity contribution in [1.29, 1.82) is 0 Å². The molecular weight excluding hydrogens is 456 g/mol. The topological polar surface area (TPSA) is 133 Å². The first-order valence-corrected chi connectivity index (χ1v) is 11.8. The van der Waals surface area contributed by atoms with Crippen LogP contribution >= 0.6 is 0 Å². The predicted octanol–water partition coefficient (Wildman–Crippen LogP) is 2.10. The molecule has 2 bridgehead atoms. The van der Waals surface area contributed by atoms with Crippen LogP contribution in [0.25, 0.3) is 0 Å². The summed E-state index contributed by atoms with van der Waals surface area (Å²) < 4.78 is 17.4. The van der Waals surface area contributed by atoms with Gasteiger partial charge in [0.1, 0.15) is 6.10 Å². The molecule has 0 aromatic heterocycles. The van der Waals surface area contributed by atoms with Gasteiger partial charge in [-0.3, -0.25) is 24.0 Å². The third kappa shape index (κ3) is 4.35. The Bertz CT molecular complexity index is 1020. The smallest absolute Gasteiger partial charge is 0.303 e. The maximum Gasteiger partial charge on any atom is 0.303 e. The number of Topliss-reactive ketones (excluding diaryl/α,β-unsaturated/α-hetero) is 1. The molecule has 1 N–H and O–H groups in total. The number of hydrogen-bond acceptors (Lipinski definition) is 9. The molecule has 3 rings (SSSR count). The van der Waals surface area contributed by atoms with E-state index < -0.39 is 70.6 Å². The average Bonchev–Trinajstić information content (AvgIpc) is 2.73. The second-order valence-electron chi connectivity index (χ2n) is 10.5. The lowest BCUT2D eigenvalue weighted by molar-refractivity contribution is -0.204. The van der Waals surface area contributed by atoms with Gasteiger partial charge in [0.25, 0.3) is 0 Å². The van der Waals surface area contributed by atoms with E-state index in [2.05, 4.69) is 0 Å². The van der Waals surface area contributed by atoms with Gasteiger partial charge in [-0.25, -0.2) is 0 Å². The van der Waals surface area contributed by atoms with Gasteiger partial charge >= 0.3 is 17.9 Å². The van der Waals surface area contributed by atoms with Gasteiger partial charge in [-0.2, -0.15) is 0 Å². The molecule has 0 heterocycles. The predicted molar refractivity (Wildman–Crippen MR) is 123 cm³/mol. The fourth-order valence-electron chi connectivity index (χ4n) is 6.48. The zero-order valence-corrected chi connectivity index (χ0v) is 21.2. The van der Waals surface area contributed by atoms with Crippen LogP contribution in [0.15, 0.2) is 23.3 Å². The number of aliphatic hydroxyl groups excluding tert-OH is 1. The molecule has 0 radical (unpaired) electrons. The zero-order chi connectivity index (χ0) is 26.5. The highest BCUT2D eigenvalue weighted by molar-refractivity contribution is 5.99. The maximum absolute atomic E-state index is 13.6. The third-order valence-corrected chi connectivity index (χ3v) is 8.03. The summed E-state index contributed by atoms with van der Waals surface area (Å²) in [6, 6.07) is 0. The number of esters is 3. The van der Waals surface area contributed by atoms with Crippen molar-refractivity contribution < 1.29 is 43.3 Å². The molecule has 35 heavy (non-hydrogen) atoms. The summed E-state index contributed by atoms with van der Waals surface area (Å²) in [5, 5.41) is 10.3. The van der Waals surface area contributed by atoms with E-state index in [0.717, 1.165) is 0 Å². The van der Waals surface area contributed by atoms with Crippen LogP contribution in [0.2, 0.25) is 0 Å². The van der Waals surface area contributed by atoms with Gasteiger partial charge in [0.2, 0.25) is 0 Å². The molecule has 0 amide bonds. The lowest BCUT2D eigenvalue weighted by Gasteiger charge is -2.58. The summed E-state index contributed by atoms with van der Waals surface area (Å²) in [5.41, 5.74) is -1.62. The lowest BCUT2D eigenvalue weighted by Crippen LogP contribution is -2.66. The van der Waals surface area contributed by atoms with Crippen molar-refractivity contribution in [2.75, 3.05) is 6.61 Å². The minimum absolute atomic E-state index is 0.0357. The van der Waals surface area contributed by atoms with Crippen molar-refractivity contribution in [3.8, 4) is 0 Å². The van der Waals surface area contributed by atoms with Crippen LogP contribution in [-0.4, -0.2) is 59.5 Å². The van der Waals surface area contributed by atoms with E-state index in [9.17, 15) is 29.1 Å². The Morgan fingerprint density at radius 2 is 1.57 bits per heavy atom. The van der Waals surface area contributed by atoms with Crippen molar-refractivity contribution >= 4 is 29.5 Å². The standard InChI is InChI=1S/C26H34O9/c1-12-18(31)10-17-22(33-13(2)28)21-16(11-27)8-9-19(32)26(21,7)24(35-15(4)30)23(34-14(3)29)20(12)25(17,5)6/h8-9,16-17,21-24,27H,10-11H2,1-7H3/t16-,17+,21+,22-,23-,24+,26-/m1/s1. The highest BCUT2D eigenvalue weighted by Gasteiger charge is 2.66. The van der Waals surface area contributed by atoms with Crippen LogP contribution in [0.5, 0.6) is 0 Å². The molecule has 0 saturated heterocycles. The number of hydrogen-bond donors (Lipinski definition) is 1. The summed E-state index contributed by atoms with van der Waals surface area (Å²) in [4.78, 5) is 63.8. The molecule has 0 unspecified atom stereocenters. The summed E-state index contributed by atoms with van der Waals surface area (Å²) in [7, 11) is 0. The monoisotopic (exact) mass is 490 g/mol. The Kier molecular flexibility index (Phi) is 7.14. The fraction of sp³-hybridized carbons (Fsp3) is 0.654. The Morgan fingerprint density at radius 1 is 1.00 bits per heavy atom. The van der Waals surface area contributed by atoms with E-state index >= 15 is 0 Å². The van der Waals surface area contributed by atoms with Crippen LogP contribution in [0.1, 0.15) is 54.9 Å². The molecular formula is C26H34O9. The van der Waals surface area contributed by atoms with Gasteiger partial charge in [-0.05, 0) is 36.5 Å². The van der Waals surface area contributed by atoms with Gasteiger partial charge < -0.3 is 19.3 Å². The molecule has 0 aromatic rings. The number of ether oxygens (including phenoxy) is 3. The molecule has 9 nitrogen and oxygen atoms in total. The Morgan fingerprint density at radius 3 is 2.09 bits per heavy atom. The summed E-state index contributed by atoms with van der Waals surface area (Å²) in [6.45, 7) is 10.2. The van der Waals surface area contributed by atoms with Gasteiger partial charge in [0, 0.05) is 51.6 Å². The lowest BCUT2D eigenvalue weighted by atomic mass is 9.49. The molecule has 0 aliphatic heterocycles. The van der Waals surface area contributed by atoms with Crippen molar-refractivity contribution in [3.63, 3.8) is 0 Å². The summed E-state index contributed by atoms with van der Waals surface area (Å²) in [6.07, 6.45) is -0.639. The number of carbonyl (C=O) groups is 5. The van der Waals surface area contributed by atoms with Gasteiger partial charge in [-0.15, -0.1) is 0 Å². The molecule has 0 spiro atoms. The van der Waals surface area contributed by atoms with Crippen molar-refractivity contribution in [2.45, 2.75) is 73.2 Å². The Balaban J connectivity index is 2.47. The summed E-state index contributed by atoms with van der Waals surface area (Å²) in [5.74, 6) is -4.75. The minimum Gasteiger partial charge on any atom is -0.462 e. The number of aliphatic hydroxyl groups is 1. The molecule has 9 heteroatoms. The van der Waals surface area contributed by atoms with Crippen LogP contribution in [0.4, 0.5) is 0 Å². The first-order valence-electron chi connectivity index (χ1n) is 11.8. The largest absolute Gasteiger partial charge is 0.462 e. The van der Waals surface area contributed by atoms with E-state index in [4.69, 9.17) is 14.2 Å². The van der Waals surface area contributed by atoms with Crippen molar-refractivity contribution in [2.24, 2.45) is 28.6 Å². The van der Waals surface area contributed by atoms with Crippen LogP contribution in [0, 0.1) is 28.6 Å². The minimum atomic E-state index is -1.55. The van der Waals surface area contributed by atoms with Crippen LogP contribution < -0.4 is 0 Å². The molecule has 192 valence electrons. The van der Waals surface area contributed by atoms with Crippen molar-refractivity contribution in [3.05, 3.63) is 23.3 Å². The molecule has 3 aliphatic carbocycles. The second kappa shape index (κ2) is 9.33. The molecule has 0 aromatic carbocycles. The van der Waals surface area contributed by atoms with Gasteiger partial charge in [0.15, 0.2) is 23.8 Å². The van der Waals surface area contributed by atoms with Crippen LogP contribution in [-0.2, 0) is 38.2 Å². The summed E-state index contributed by atoms with van der Waals surface area (Å²) >= 11 is 0. The quantitative estimate of drug-likeness (QED) is 0.464. The number of rotatable bonds is 4. The molecule has 1 fully saturated rings. The number of carbonyl (C=O) groups excluding carboxylic acids is 5. The van der Waals surface area contributed by atoms with E-state index in [0.29, 0.717) is 11.1 Å². The first kappa shape index (κ1) is 26.8. The van der Waals surface area contributed by atoms with E-state index in [-0.39, 0.29) is 18.8 Å². The second-order valence-corrected chi connectivity index (χ2v) is 10.5. The number of fused-ring (bicyclic) bond motifs is 3. The Hall–Kier alpha value is -2.81. The number of ketones is 2. The van der Waals surface area contributed by atoms with E-state index in [1.54, 1.807) is 19.9 Å². The maximum atomic E-state index is 13.6. The fourth-order valence-corrected chi connectivity index (χ4v) is 6.48. The normalized spacial score (nSPS) is 36.0. The highest BCUT2D eigenvalue weighted by Crippen LogP contribution is 2.58. The number of allylic oxidation sites excluding steroid dienone is 2. The van der Waals surface area contributed by atoms with E-state index in [1.807, 2.05) is 13.8 Å². The van der Waals surface area contributed by atoms with Gasteiger partial charge in [0.05, 0.1) is 5.41 Å². The SMILES string of the molecule is CC(=O)O[C@H]1[C@@H]2[C@@H](CO)C=CC(=O)[C@@]2(C)[C@@H](OC(C)=O)[C@H](OC(C)=O)C2=C(C)C(=O)C[C@@H]1C2(C)C. The average molecular weight is 491 g/mol. The highest BCUT2D eigenvalue weighted by atomic mass is 16.6. The molecule has 1 saturated carbocycles. The van der Waals surface area contributed by atoms with Crippen molar-refractivity contribution in [1.82, 2.24) is 0 Å². The zero-order valence-electron chi connectivity index (χ0n) is 21.2. The first-order chi connectivity index (χ1) is 16.2. The Labute approximate surface area is 204 Å². The third-order valence-electron chi connectivity index (χ3n) is 8.03. The molecule has 7 atom stereocenters.